The number of thiophene rings is 2. The van der Waals surface area contributed by atoms with Crippen molar-refractivity contribution >= 4 is 22.7 Å². The van der Waals surface area contributed by atoms with Crippen molar-refractivity contribution in [2.75, 3.05) is 0 Å². The molecular formula is C13H8N2S2. The first-order valence-corrected chi connectivity index (χ1v) is 6.85. The van der Waals surface area contributed by atoms with Crippen LogP contribution in [0.3, 0.4) is 0 Å². The van der Waals surface area contributed by atoms with Crippen LogP contribution >= 0.6 is 22.7 Å². The number of hydrogen-bond acceptors (Lipinski definition) is 3. The van der Waals surface area contributed by atoms with E-state index in [0.29, 0.717) is 5.56 Å². The van der Waals surface area contributed by atoms with Gasteiger partial charge in [-0.05, 0) is 29.0 Å². The summed E-state index contributed by atoms with van der Waals surface area (Å²) in [4.78, 5) is 5.59. The smallest absolute Gasteiger partial charge is 0.101 e. The van der Waals surface area contributed by atoms with Crippen molar-refractivity contribution in [3.8, 4) is 27.2 Å². The SMILES string of the molecule is N#Cc1cc(-c2cccs2)[nH]c1-c1cccs1. The van der Waals surface area contributed by atoms with Crippen molar-refractivity contribution in [3.63, 3.8) is 0 Å². The molecule has 0 aliphatic heterocycles. The van der Waals surface area contributed by atoms with E-state index in [1.54, 1.807) is 22.7 Å². The van der Waals surface area contributed by atoms with Gasteiger partial charge in [0.15, 0.2) is 0 Å². The van der Waals surface area contributed by atoms with Crippen molar-refractivity contribution in [2.45, 2.75) is 0 Å². The van der Waals surface area contributed by atoms with Gasteiger partial charge in [0.2, 0.25) is 0 Å². The lowest BCUT2D eigenvalue weighted by atomic mass is 10.2. The van der Waals surface area contributed by atoms with Crippen LogP contribution in [0.25, 0.3) is 21.1 Å². The van der Waals surface area contributed by atoms with Gasteiger partial charge in [0.25, 0.3) is 0 Å². The molecule has 0 amide bonds. The first kappa shape index (κ1) is 10.3. The van der Waals surface area contributed by atoms with Crippen LogP contribution in [0, 0.1) is 11.3 Å². The van der Waals surface area contributed by atoms with Crippen LogP contribution in [-0.4, -0.2) is 4.98 Å². The summed E-state index contributed by atoms with van der Waals surface area (Å²) in [5.74, 6) is 0. The predicted molar refractivity (Wildman–Crippen MR) is 72.1 cm³/mol. The lowest BCUT2D eigenvalue weighted by molar-refractivity contribution is 1.41. The van der Waals surface area contributed by atoms with Crippen LogP contribution in [0.2, 0.25) is 0 Å². The molecule has 0 aliphatic rings. The highest BCUT2D eigenvalue weighted by Crippen LogP contribution is 2.32. The van der Waals surface area contributed by atoms with Crippen LogP contribution in [0.1, 0.15) is 5.56 Å². The zero-order valence-corrected chi connectivity index (χ0v) is 10.4. The van der Waals surface area contributed by atoms with Gasteiger partial charge in [-0.25, -0.2) is 0 Å². The Bertz CT molecular complexity index is 655. The van der Waals surface area contributed by atoms with Gasteiger partial charge >= 0.3 is 0 Å². The minimum atomic E-state index is 0.704. The van der Waals surface area contributed by atoms with E-state index < -0.39 is 0 Å². The zero-order valence-electron chi connectivity index (χ0n) is 8.81. The van der Waals surface area contributed by atoms with E-state index >= 15 is 0 Å². The lowest BCUT2D eigenvalue weighted by Crippen LogP contribution is -1.76. The molecule has 3 aromatic rings. The Morgan fingerprint density at radius 2 is 1.76 bits per heavy atom. The number of aromatic nitrogens is 1. The van der Waals surface area contributed by atoms with Gasteiger partial charge in [0, 0.05) is 0 Å². The van der Waals surface area contributed by atoms with E-state index in [1.807, 2.05) is 35.0 Å². The Morgan fingerprint density at radius 1 is 1.06 bits per heavy atom. The number of H-pyrrole nitrogens is 1. The Morgan fingerprint density at radius 3 is 2.35 bits per heavy atom. The number of nitrogens with one attached hydrogen (secondary N) is 1. The first-order valence-electron chi connectivity index (χ1n) is 5.09. The molecule has 3 aromatic heterocycles. The predicted octanol–water partition coefficient (Wildman–Crippen LogP) is 4.34. The Hall–Kier alpha value is -1.83. The highest BCUT2D eigenvalue weighted by molar-refractivity contribution is 7.14. The fraction of sp³-hybridized carbons (Fsp3) is 0. The average molecular weight is 256 g/mol. The quantitative estimate of drug-likeness (QED) is 0.727. The molecule has 3 rings (SSSR count). The number of rotatable bonds is 2. The summed E-state index contributed by atoms with van der Waals surface area (Å²) < 4.78 is 0. The van der Waals surface area contributed by atoms with Gasteiger partial charge in [-0.1, -0.05) is 12.1 Å². The molecule has 82 valence electrons. The Labute approximate surface area is 107 Å². The minimum Gasteiger partial charge on any atom is -0.352 e. The molecule has 0 bridgehead atoms. The van der Waals surface area contributed by atoms with Gasteiger partial charge in [0.1, 0.15) is 6.07 Å². The van der Waals surface area contributed by atoms with Crippen LogP contribution in [0.4, 0.5) is 0 Å². The van der Waals surface area contributed by atoms with E-state index in [0.717, 1.165) is 21.1 Å². The number of nitriles is 1. The first-order chi connectivity index (χ1) is 8.38. The molecule has 0 atom stereocenters. The van der Waals surface area contributed by atoms with Crippen molar-refractivity contribution in [3.05, 3.63) is 46.7 Å². The van der Waals surface area contributed by atoms with E-state index in [-0.39, 0.29) is 0 Å². The van der Waals surface area contributed by atoms with E-state index in [9.17, 15) is 0 Å². The van der Waals surface area contributed by atoms with E-state index in [2.05, 4.69) is 17.1 Å². The van der Waals surface area contributed by atoms with Crippen molar-refractivity contribution < 1.29 is 0 Å². The standard InChI is InChI=1S/C13H8N2S2/c14-8-9-7-10(11-3-1-5-16-11)15-13(9)12-4-2-6-17-12/h1-7,15H. The average Bonchev–Trinajstić information content (AvgIpc) is 3.09. The Kier molecular flexibility index (Phi) is 2.56. The normalized spacial score (nSPS) is 10.3. The molecular weight excluding hydrogens is 248 g/mol. The van der Waals surface area contributed by atoms with E-state index in [4.69, 9.17) is 5.26 Å². The van der Waals surface area contributed by atoms with Crippen LogP contribution in [0.5, 0.6) is 0 Å². The molecule has 0 spiro atoms. The number of nitrogens with zero attached hydrogens (tertiary/aromatic N) is 1. The fourth-order valence-corrected chi connectivity index (χ4v) is 3.16. The number of aromatic amines is 1. The Balaban J connectivity index is 2.15. The molecule has 0 aliphatic carbocycles. The summed E-state index contributed by atoms with van der Waals surface area (Å²) in [5.41, 5.74) is 2.64. The minimum absolute atomic E-state index is 0.704. The van der Waals surface area contributed by atoms with Gasteiger partial charge in [0.05, 0.1) is 26.7 Å². The maximum Gasteiger partial charge on any atom is 0.101 e. The molecule has 0 saturated heterocycles. The van der Waals surface area contributed by atoms with Gasteiger partial charge < -0.3 is 4.98 Å². The molecule has 0 fully saturated rings. The summed E-state index contributed by atoms with van der Waals surface area (Å²) in [5, 5.41) is 13.2. The lowest BCUT2D eigenvalue weighted by Gasteiger charge is -1.93. The summed E-state index contributed by atoms with van der Waals surface area (Å²) in [6.07, 6.45) is 0. The molecule has 3 heterocycles. The van der Waals surface area contributed by atoms with Crippen LogP contribution in [0.15, 0.2) is 41.1 Å². The molecule has 0 unspecified atom stereocenters. The van der Waals surface area contributed by atoms with Crippen molar-refractivity contribution in [2.24, 2.45) is 0 Å². The van der Waals surface area contributed by atoms with Crippen LogP contribution < -0.4 is 0 Å². The zero-order chi connectivity index (χ0) is 11.7. The van der Waals surface area contributed by atoms with Gasteiger partial charge in [-0.15, -0.1) is 22.7 Å². The molecule has 1 N–H and O–H groups in total. The largest absolute Gasteiger partial charge is 0.352 e. The molecule has 2 nitrogen and oxygen atoms in total. The molecule has 0 aromatic carbocycles. The molecule has 4 heteroatoms. The molecule has 17 heavy (non-hydrogen) atoms. The van der Waals surface area contributed by atoms with Gasteiger partial charge in [-0.2, -0.15) is 5.26 Å². The fourth-order valence-electron chi connectivity index (χ4n) is 1.72. The maximum atomic E-state index is 9.17. The summed E-state index contributed by atoms with van der Waals surface area (Å²) in [7, 11) is 0. The second-order valence-electron chi connectivity index (χ2n) is 3.54. The van der Waals surface area contributed by atoms with Crippen molar-refractivity contribution in [1.29, 1.82) is 5.26 Å². The monoisotopic (exact) mass is 256 g/mol. The molecule has 0 radical (unpaired) electrons. The highest BCUT2D eigenvalue weighted by atomic mass is 32.1. The maximum absolute atomic E-state index is 9.17. The highest BCUT2D eigenvalue weighted by Gasteiger charge is 2.12. The third-order valence-electron chi connectivity index (χ3n) is 2.49. The molecule has 0 saturated carbocycles. The van der Waals surface area contributed by atoms with Gasteiger partial charge in [-0.3, -0.25) is 0 Å². The third kappa shape index (κ3) is 1.80. The second-order valence-corrected chi connectivity index (χ2v) is 5.43. The topological polar surface area (TPSA) is 39.6 Å². The summed E-state index contributed by atoms with van der Waals surface area (Å²) >= 11 is 3.31. The third-order valence-corrected chi connectivity index (χ3v) is 4.28. The summed E-state index contributed by atoms with van der Waals surface area (Å²) in [6, 6.07) is 12.2. The van der Waals surface area contributed by atoms with Crippen LogP contribution in [-0.2, 0) is 0 Å². The second kappa shape index (κ2) is 4.21. The van der Waals surface area contributed by atoms with E-state index in [1.165, 1.54) is 0 Å². The summed E-state index contributed by atoms with van der Waals surface area (Å²) in [6.45, 7) is 0. The number of hydrogen-bond donors (Lipinski definition) is 1. The van der Waals surface area contributed by atoms with Crippen molar-refractivity contribution in [1.82, 2.24) is 4.98 Å².